The molecule has 0 aromatic carbocycles. The van der Waals surface area contributed by atoms with Crippen LogP contribution in [-0.2, 0) is 9.53 Å². The van der Waals surface area contributed by atoms with Gasteiger partial charge in [-0.3, -0.25) is 0 Å². The summed E-state index contributed by atoms with van der Waals surface area (Å²) in [6.45, 7) is 1.91. The van der Waals surface area contributed by atoms with Gasteiger partial charge in [0, 0.05) is 10.6 Å². The van der Waals surface area contributed by atoms with Crippen LogP contribution >= 0.6 is 11.8 Å². The summed E-state index contributed by atoms with van der Waals surface area (Å²) in [4.78, 5) is 11.8. The molecular formula is C11H14O4S. The van der Waals surface area contributed by atoms with Crippen molar-refractivity contribution in [1.29, 1.82) is 0 Å². The molecule has 1 aromatic heterocycles. The molecule has 1 N–H and O–H groups in total. The second kappa shape index (κ2) is 4.93. The highest BCUT2D eigenvalue weighted by molar-refractivity contribution is 7.99. The van der Waals surface area contributed by atoms with Crippen molar-refractivity contribution in [2.75, 3.05) is 5.75 Å². The first-order chi connectivity index (χ1) is 7.66. The smallest absolute Gasteiger partial charge is 0.332 e. The Hall–Kier alpha value is -0.940. The average molecular weight is 242 g/mol. The van der Waals surface area contributed by atoms with Crippen LogP contribution in [0.2, 0.25) is 0 Å². The van der Waals surface area contributed by atoms with Crippen LogP contribution in [0.1, 0.15) is 18.6 Å². The quantitative estimate of drug-likeness (QED) is 0.821. The first-order valence-corrected chi connectivity index (χ1v) is 6.20. The van der Waals surface area contributed by atoms with Crippen molar-refractivity contribution in [3.8, 4) is 0 Å². The number of hydrogen-bond acceptors (Lipinski definition) is 4. The van der Waals surface area contributed by atoms with Crippen LogP contribution in [0.5, 0.6) is 0 Å². The largest absolute Gasteiger partial charge is 0.479 e. The van der Waals surface area contributed by atoms with Crippen molar-refractivity contribution in [2.45, 2.75) is 36.9 Å². The highest BCUT2D eigenvalue weighted by Crippen LogP contribution is 2.28. The van der Waals surface area contributed by atoms with Crippen molar-refractivity contribution >= 4 is 17.7 Å². The number of hydrogen-bond donors (Lipinski definition) is 1. The Kier molecular flexibility index (Phi) is 3.56. The van der Waals surface area contributed by atoms with E-state index in [-0.39, 0.29) is 6.10 Å². The van der Waals surface area contributed by atoms with Crippen molar-refractivity contribution in [2.24, 2.45) is 0 Å². The Morgan fingerprint density at radius 1 is 1.62 bits per heavy atom. The van der Waals surface area contributed by atoms with E-state index >= 15 is 0 Å². The first-order valence-electron chi connectivity index (χ1n) is 5.22. The molecule has 88 valence electrons. The van der Waals surface area contributed by atoms with Gasteiger partial charge in [0.25, 0.3) is 0 Å². The molecule has 2 rings (SSSR count). The predicted octanol–water partition coefficient (Wildman–Crippen LogP) is 2.31. The van der Waals surface area contributed by atoms with Crippen molar-refractivity contribution in [1.82, 2.24) is 0 Å². The third-order valence-electron chi connectivity index (χ3n) is 2.62. The Labute approximate surface area is 98.0 Å². The molecule has 5 heteroatoms. The van der Waals surface area contributed by atoms with Gasteiger partial charge in [-0.25, -0.2) is 4.79 Å². The third-order valence-corrected chi connectivity index (χ3v) is 3.89. The predicted molar refractivity (Wildman–Crippen MR) is 59.7 cm³/mol. The molecule has 4 nitrogen and oxygen atoms in total. The van der Waals surface area contributed by atoms with Crippen LogP contribution in [0.25, 0.3) is 0 Å². The Bertz CT molecular complexity index is 374. The van der Waals surface area contributed by atoms with E-state index in [4.69, 9.17) is 14.3 Å². The molecule has 2 atom stereocenters. The summed E-state index contributed by atoms with van der Waals surface area (Å²) >= 11 is 1.65. The highest BCUT2D eigenvalue weighted by atomic mass is 32.2. The minimum Gasteiger partial charge on any atom is -0.479 e. The van der Waals surface area contributed by atoms with E-state index in [0.29, 0.717) is 6.42 Å². The number of thioether (sulfide) groups is 1. The molecule has 0 spiro atoms. The van der Waals surface area contributed by atoms with E-state index in [9.17, 15) is 4.79 Å². The Morgan fingerprint density at radius 2 is 2.44 bits per heavy atom. The number of furan rings is 1. The van der Waals surface area contributed by atoms with Crippen LogP contribution in [0.4, 0.5) is 0 Å². The maximum Gasteiger partial charge on any atom is 0.332 e. The van der Waals surface area contributed by atoms with Gasteiger partial charge in [-0.1, -0.05) is 0 Å². The van der Waals surface area contributed by atoms with E-state index in [1.807, 2.05) is 13.0 Å². The number of aryl methyl sites for hydroxylation is 1. The normalized spacial score (nSPS) is 24.8. The summed E-state index contributed by atoms with van der Waals surface area (Å²) in [5.41, 5.74) is 0. The van der Waals surface area contributed by atoms with Crippen LogP contribution in [0.3, 0.4) is 0 Å². The number of aliphatic carboxylic acids is 1. The standard InChI is InChI=1S/C11H14O4S/c1-7-10(4-5-14-7)16-6-8-2-3-9(15-8)11(12)13/h4-5,8-9H,2-3,6H2,1H3,(H,12,13). The summed E-state index contributed by atoms with van der Waals surface area (Å²) in [5.74, 6) is 0.828. The van der Waals surface area contributed by atoms with Gasteiger partial charge in [0.2, 0.25) is 0 Å². The van der Waals surface area contributed by atoms with Gasteiger partial charge in [-0.15, -0.1) is 11.8 Å². The minimum absolute atomic E-state index is 0.0420. The average Bonchev–Trinajstić information content (AvgIpc) is 2.83. The summed E-state index contributed by atoms with van der Waals surface area (Å²) in [5, 5.41) is 8.78. The zero-order valence-electron chi connectivity index (χ0n) is 9.01. The van der Waals surface area contributed by atoms with E-state index < -0.39 is 12.1 Å². The zero-order chi connectivity index (χ0) is 11.5. The molecule has 0 radical (unpaired) electrons. The monoisotopic (exact) mass is 242 g/mol. The van der Waals surface area contributed by atoms with E-state index in [2.05, 4.69) is 0 Å². The summed E-state index contributed by atoms with van der Waals surface area (Å²) in [7, 11) is 0. The van der Waals surface area contributed by atoms with Crippen molar-refractivity contribution in [3.05, 3.63) is 18.1 Å². The highest BCUT2D eigenvalue weighted by Gasteiger charge is 2.30. The van der Waals surface area contributed by atoms with Crippen LogP contribution in [0, 0.1) is 6.92 Å². The first kappa shape index (κ1) is 11.5. The van der Waals surface area contributed by atoms with E-state index in [1.54, 1.807) is 18.0 Å². The second-order valence-corrected chi connectivity index (χ2v) is 4.88. The van der Waals surface area contributed by atoms with Crippen LogP contribution in [0.15, 0.2) is 21.6 Å². The van der Waals surface area contributed by atoms with Gasteiger partial charge >= 0.3 is 5.97 Å². The maximum atomic E-state index is 10.7. The topological polar surface area (TPSA) is 59.7 Å². The van der Waals surface area contributed by atoms with Crippen LogP contribution < -0.4 is 0 Å². The molecule has 0 bridgehead atoms. The molecule has 1 aliphatic heterocycles. The fourth-order valence-electron chi connectivity index (χ4n) is 1.72. The summed E-state index contributed by atoms with van der Waals surface area (Å²) < 4.78 is 10.6. The molecule has 0 amide bonds. The number of carbonyl (C=O) groups is 1. The van der Waals surface area contributed by atoms with Crippen LogP contribution in [-0.4, -0.2) is 29.0 Å². The third kappa shape index (κ3) is 2.59. The molecule has 0 saturated carbocycles. The lowest BCUT2D eigenvalue weighted by Gasteiger charge is -2.09. The van der Waals surface area contributed by atoms with Gasteiger partial charge in [0.1, 0.15) is 5.76 Å². The summed E-state index contributed by atoms with van der Waals surface area (Å²) in [6, 6.07) is 1.92. The van der Waals surface area contributed by atoms with E-state index in [0.717, 1.165) is 22.8 Å². The zero-order valence-corrected chi connectivity index (χ0v) is 9.83. The SMILES string of the molecule is Cc1occc1SCC1CCC(C(=O)O)O1. The van der Waals surface area contributed by atoms with Crippen molar-refractivity contribution < 1.29 is 19.1 Å². The number of ether oxygens (including phenoxy) is 1. The minimum atomic E-state index is -0.855. The van der Waals surface area contributed by atoms with Gasteiger partial charge in [-0.05, 0) is 25.8 Å². The molecule has 1 saturated heterocycles. The number of rotatable bonds is 4. The lowest BCUT2D eigenvalue weighted by atomic mass is 10.2. The number of carboxylic acids is 1. The molecule has 2 unspecified atom stereocenters. The summed E-state index contributed by atoms with van der Waals surface area (Å²) in [6.07, 6.45) is 2.52. The van der Waals surface area contributed by atoms with Crippen molar-refractivity contribution in [3.63, 3.8) is 0 Å². The fraction of sp³-hybridized carbons (Fsp3) is 0.545. The maximum absolute atomic E-state index is 10.7. The van der Waals surface area contributed by atoms with Gasteiger partial charge in [-0.2, -0.15) is 0 Å². The molecule has 1 fully saturated rings. The second-order valence-electron chi connectivity index (χ2n) is 3.81. The van der Waals surface area contributed by atoms with Gasteiger partial charge in [0.15, 0.2) is 6.10 Å². The number of carboxylic acid groups (broad SMARTS) is 1. The fourth-order valence-corrected chi connectivity index (χ4v) is 2.73. The molecule has 0 aliphatic carbocycles. The van der Waals surface area contributed by atoms with Gasteiger partial charge < -0.3 is 14.3 Å². The lowest BCUT2D eigenvalue weighted by Crippen LogP contribution is -2.21. The Morgan fingerprint density at radius 3 is 3.00 bits per heavy atom. The Balaban J connectivity index is 1.80. The molecular weight excluding hydrogens is 228 g/mol. The van der Waals surface area contributed by atoms with E-state index in [1.165, 1.54) is 0 Å². The molecule has 16 heavy (non-hydrogen) atoms. The van der Waals surface area contributed by atoms with Gasteiger partial charge in [0.05, 0.1) is 12.4 Å². The lowest BCUT2D eigenvalue weighted by molar-refractivity contribution is -0.148. The molecule has 1 aliphatic rings. The molecule has 1 aromatic rings. The molecule has 2 heterocycles.